The molecule has 0 bridgehead atoms. The number of rotatable bonds is 2. The zero-order valence-electron chi connectivity index (χ0n) is 9.70. The van der Waals surface area contributed by atoms with E-state index in [4.69, 9.17) is 16.7 Å². The van der Waals surface area contributed by atoms with Crippen LogP contribution in [0.5, 0.6) is 0 Å². The normalized spacial score (nSPS) is 18.7. The Morgan fingerprint density at radius 3 is 2.58 bits per heavy atom. The van der Waals surface area contributed by atoms with Crippen LogP contribution in [0.4, 0.5) is 8.78 Å². The second kappa shape index (κ2) is 5.13. The van der Waals surface area contributed by atoms with E-state index in [1.807, 2.05) is 0 Å². The zero-order valence-corrected chi connectivity index (χ0v) is 10.5. The molecule has 0 radical (unpaired) electrons. The van der Waals surface area contributed by atoms with Crippen molar-refractivity contribution in [3.63, 3.8) is 0 Å². The molecular formula is C12H10ClF2NO3. The van der Waals surface area contributed by atoms with Crippen molar-refractivity contribution < 1.29 is 23.5 Å². The van der Waals surface area contributed by atoms with Gasteiger partial charge in [-0.3, -0.25) is 4.79 Å². The fraction of sp³-hybridized carbons (Fsp3) is 0.333. The summed E-state index contributed by atoms with van der Waals surface area (Å²) < 4.78 is 26.1. The highest BCUT2D eigenvalue weighted by atomic mass is 35.5. The number of aliphatic carboxylic acids is 1. The molecule has 1 aliphatic heterocycles. The van der Waals surface area contributed by atoms with E-state index in [-0.39, 0.29) is 17.1 Å². The first kappa shape index (κ1) is 13.7. The smallest absolute Gasteiger partial charge is 0.326 e. The van der Waals surface area contributed by atoms with E-state index in [9.17, 15) is 18.4 Å². The van der Waals surface area contributed by atoms with Gasteiger partial charge in [-0.1, -0.05) is 11.6 Å². The molecule has 1 amide bonds. The Morgan fingerprint density at radius 2 is 1.95 bits per heavy atom. The molecule has 1 aliphatic rings. The number of hydrogen-bond acceptors (Lipinski definition) is 2. The van der Waals surface area contributed by atoms with Gasteiger partial charge in [-0.2, -0.15) is 0 Å². The molecule has 1 atom stereocenters. The first-order valence-corrected chi connectivity index (χ1v) is 5.98. The molecule has 1 N–H and O–H groups in total. The summed E-state index contributed by atoms with van der Waals surface area (Å²) in [4.78, 5) is 24.2. The maximum atomic E-state index is 13.1. The minimum absolute atomic E-state index is 0.228. The Kier molecular flexibility index (Phi) is 3.71. The molecule has 7 heteroatoms. The fourth-order valence-electron chi connectivity index (χ4n) is 2.11. The SMILES string of the molecule is O=C(O)[C@H]1CCCN1C(=O)c1cc(F)c(F)cc1Cl. The maximum Gasteiger partial charge on any atom is 0.326 e. The summed E-state index contributed by atoms with van der Waals surface area (Å²) in [5.41, 5.74) is -0.228. The number of halogens is 3. The number of carbonyl (C=O) groups excluding carboxylic acids is 1. The molecule has 1 saturated heterocycles. The molecule has 1 heterocycles. The summed E-state index contributed by atoms with van der Waals surface area (Å²) >= 11 is 5.70. The lowest BCUT2D eigenvalue weighted by atomic mass is 10.1. The minimum Gasteiger partial charge on any atom is -0.480 e. The fourth-order valence-corrected chi connectivity index (χ4v) is 2.34. The summed E-state index contributed by atoms with van der Waals surface area (Å²) in [6.45, 7) is 0.255. The number of hydrogen-bond donors (Lipinski definition) is 1. The summed E-state index contributed by atoms with van der Waals surface area (Å²) in [5, 5.41) is 8.75. The van der Waals surface area contributed by atoms with Crippen molar-refractivity contribution in [1.29, 1.82) is 0 Å². The lowest BCUT2D eigenvalue weighted by Gasteiger charge is -2.22. The predicted octanol–water partition coefficient (Wildman–Crippen LogP) is 2.31. The van der Waals surface area contributed by atoms with Gasteiger partial charge in [-0.05, 0) is 25.0 Å². The van der Waals surface area contributed by atoms with Crippen LogP contribution in [0.15, 0.2) is 12.1 Å². The number of nitrogens with zero attached hydrogens (tertiary/aromatic N) is 1. The van der Waals surface area contributed by atoms with Crippen molar-refractivity contribution in [2.75, 3.05) is 6.54 Å². The van der Waals surface area contributed by atoms with Crippen LogP contribution in [0.1, 0.15) is 23.2 Å². The first-order valence-electron chi connectivity index (χ1n) is 5.60. The second-order valence-corrected chi connectivity index (χ2v) is 4.65. The molecule has 0 aromatic heterocycles. The van der Waals surface area contributed by atoms with Crippen LogP contribution < -0.4 is 0 Å². The molecule has 2 rings (SSSR count). The van der Waals surface area contributed by atoms with E-state index in [0.29, 0.717) is 25.0 Å². The average molecular weight is 290 g/mol. The van der Waals surface area contributed by atoms with E-state index in [1.165, 1.54) is 0 Å². The third-order valence-corrected chi connectivity index (χ3v) is 3.35. The van der Waals surface area contributed by atoms with Crippen molar-refractivity contribution in [3.05, 3.63) is 34.4 Å². The van der Waals surface area contributed by atoms with Crippen molar-refractivity contribution >= 4 is 23.5 Å². The van der Waals surface area contributed by atoms with Gasteiger partial charge in [-0.15, -0.1) is 0 Å². The lowest BCUT2D eigenvalue weighted by molar-refractivity contribution is -0.141. The highest BCUT2D eigenvalue weighted by Gasteiger charge is 2.35. The Labute approximate surface area is 112 Å². The molecule has 4 nitrogen and oxygen atoms in total. The van der Waals surface area contributed by atoms with E-state index in [0.717, 1.165) is 4.90 Å². The monoisotopic (exact) mass is 289 g/mol. The van der Waals surface area contributed by atoms with Crippen LogP contribution in [0.2, 0.25) is 5.02 Å². The number of carboxylic acid groups (broad SMARTS) is 1. The van der Waals surface area contributed by atoms with Gasteiger partial charge in [0.1, 0.15) is 6.04 Å². The number of carbonyl (C=O) groups is 2. The Balaban J connectivity index is 2.34. The topological polar surface area (TPSA) is 57.6 Å². The quantitative estimate of drug-likeness (QED) is 0.850. The molecule has 1 aromatic carbocycles. The third-order valence-electron chi connectivity index (χ3n) is 3.04. The van der Waals surface area contributed by atoms with Gasteiger partial charge in [0.2, 0.25) is 0 Å². The maximum absolute atomic E-state index is 13.1. The molecule has 0 spiro atoms. The summed E-state index contributed by atoms with van der Waals surface area (Å²) in [6, 6.07) is 0.449. The standard InChI is InChI=1S/C12H10ClF2NO3/c13-7-5-9(15)8(14)4-6(7)11(17)16-3-1-2-10(16)12(18)19/h4-5,10H,1-3H2,(H,18,19)/t10-/m1/s1. The van der Waals surface area contributed by atoms with Crippen molar-refractivity contribution in [1.82, 2.24) is 4.90 Å². The van der Waals surface area contributed by atoms with Crippen LogP contribution >= 0.6 is 11.6 Å². The number of amides is 1. The van der Waals surface area contributed by atoms with E-state index >= 15 is 0 Å². The van der Waals surface area contributed by atoms with Gasteiger partial charge in [0.25, 0.3) is 5.91 Å². The summed E-state index contributed by atoms with van der Waals surface area (Å²) in [6.07, 6.45) is 0.881. The number of benzene rings is 1. The highest BCUT2D eigenvalue weighted by Crippen LogP contribution is 2.25. The van der Waals surface area contributed by atoms with Crippen LogP contribution in [-0.4, -0.2) is 34.5 Å². The lowest BCUT2D eigenvalue weighted by Crippen LogP contribution is -2.40. The largest absolute Gasteiger partial charge is 0.480 e. The summed E-state index contributed by atoms with van der Waals surface area (Å²) in [7, 11) is 0. The van der Waals surface area contributed by atoms with E-state index in [2.05, 4.69) is 0 Å². The van der Waals surface area contributed by atoms with Gasteiger partial charge in [-0.25, -0.2) is 13.6 Å². The van der Waals surface area contributed by atoms with Crippen molar-refractivity contribution in [2.24, 2.45) is 0 Å². The molecule has 102 valence electrons. The van der Waals surface area contributed by atoms with Crippen molar-refractivity contribution in [2.45, 2.75) is 18.9 Å². The summed E-state index contributed by atoms with van der Waals surface area (Å²) in [5.74, 6) is -4.17. The van der Waals surface area contributed by atoms with Crippen LogP contribution in [0.3, 0.4) is 0 Å². The van der Waals surface area contributed by atoms with Crippen LogP contribution in [0, 0.1) is 11.6 Å². The second-order valence-electron chi connectivity index (χ2n) is 4.24. The van der Waals surface area contributed by atoms with Crippen LogP contribution in [0.25, 0.3) is 0 Å². The zero-order chi connectivity index (χ0) is 14.2. The van der Waals surface area contributed by atoms with Gasteiger partial charge >= 0.3 is 5.97 Å². The van der Waals surface area contributed by atoms with Gasteiger partial charge in [0, 0.05) is 6.54 Å². The average Bonchev–Trinajstić information content (AvgIpc) is 2.82. The Hall–Kier alpha value is -1.69. The molecule has 0 aliphatic carbocycles. The van der Waals surface area contributed by atoms with E-state index in [1.54, 1.807) is 0 Å². The van der Waals surface area contributed by atoms with Gasteiger partial charge < -0.3 is 10.0 Å². The minimum atomic E-state index is -1.20. The third kappa shape index (κ3) is 2.53. The predicted molar refractivity (Wildman–Crippen MR) is 63.1 cm³/mol. The molecule has 0 saturated carbocycles. The van der Waals surface area contributed by atoms with Gasteiger partial charge in [0.15, 0.2) is 11.6 Å². The molecule has 19 heavy (non-hydrogen) atoms. The molecule has 0 unspecified atom stereocenters. The molecule has 1 aromatic rings. The molecular weight excluding hydrogens is 280 g/mol. The highest BCUT2D eigenvalue weighted by molar-refractivity contribution is 6.33. The first-order chi connectivity index (χ1) is 8.91. The van der Waals surface area contributed by atoms with Gasteiger partial charge in [0.05, 0.1) is 10.6 Å². The number of carboxylic acids is 1. The van der Waals surface area contributed by atoms with Crippen LogP contribution in [-0.2, 0) is 4.79 Å². The van der Waals surface area contributed by atoms with E-state index < -0.39 is 29.6 Å². The van der Waals surface area contributed by atoms with Crippen molar-refractivity contribution in [3.8, 4) is 0 Å². The molecule has 1 fully saturated rings. The number of likely N-dealkylation sites (tertiary alicyclic amines) is 1. The Morgan fingerprint density at radius 1 is 1.32 bits per heavy atom. The Bertz CT molecular complexity index is 550.